The molecule has 2 saturated heterocycles. The molecule has 0 aromatic carbocycles. The van der Waals surface area contributed by atoms with Crippen LogP contribution in [0.5, 0.6) is 0 Å². The molecule has 31 heavy (non-hydrogen) atoms. The molecule has 3 heterocycles. The van der Waals surface area contributed by atoms with Crippen molar-refractivity contribution >= 4 is 9.84 Å². The molecule has 2 unspecified atom stereocenters. The summed E-state index contributed by atoms with van der Waals surface area (Å²) in [5.74, 6) is 0.734. The second-order valence-electron chi connectivity index (χ2n) is 9.92. The topological polar surface area (TPSA) is 55.2 Å². The van der Waals surface area contributed by atoms with Gasteiger partial charge >= 0.3 is 6.18 Å². The van der Waals surface area contributed by atoms with Crippen molar-refractivity contribution in [1.29, 1.82) is 0 Å². The van der Waals surface area contributed by atoms with Crippen molar-refractivity contribution in [3.05, 3.63) is 17.5 Å². The van der Waals surface area contributed by atoms with Gasteiger partial charge in [0.1, 0.15) is 6.54 Å². The Morgan fingerprint density at radius 2 is 1.90 bits per heavy atom. The molecule has 2 saturated carbocycles. The van der Waals surface area contributed by atoms with Gasteiger partial charge in [-0.2, -0.15) is 18.3 Å². The smallest absolute Gasteiger partial charge is 0.300 e. The van der Waals surface area contributed by atoms with Gasteiger partial charge in [-0.1, -0.05) is 0 Å². The standard InChI is InChI=1S/C20H26F5N3O2S/c21-17(22)9-28-15(8-16(26-28)20(23,24)25)18-13-6-12(7-14(13)18)27-4-1-2-19(10-27)3-5-31(29,30)11-19/h8,12-14,17-18H,1-7,9-11H2/t12?,13-,14+,18?,19-/m0/s1. The molecule has 4 aliphatic rings. The van der Waals surface area contributed by atoms with Crippen LogP contribution in [0.3, 0.4) is 0 Å². The summed E-state index contributed by atoms with van der Waals surface area (Å²) in [7, 11) is -2.96. The lowest BCUT2D eigenvalue weighted by Gasteiger charge is -2.43. The third-order valence-corrected chi connectivity index (χ3v) is 9.73. The molecule has 1 spiro atoms. The van der Waals surface area contributed by atoms with Gasteiger partial charge < -0.3 is 0 Å². The molecule has 2 aliphatic carbocycles. The maximum atomic E-state index is 13.1. The first-order chi connectivity index (χ1) is 14.5. The van der Waals surface area contributed by atoms with E-state index in [1.54, 1.807) is 0 Å². The average Bonchev–Trinajstić information content (AvgIpc) is 3.02. The van der Waals surface area contributed by atoms with Gasteiger partial charge in [0.15, 0.2) is 15.5 Å². The summed E-state index contributed by atoms with van der Waals surface area (Å²) in [5, 5.41) is 3.43. The van der Waals surface area contributed by atoms with E-state index in [1.807, 2.05) is 0 Å². The Morgan fingerprint density at radius 1 is 1.19 bits per heavy atom. The number of aromatic nitrogens is 2. The molecule has 1 aromatic rings. The van der Waals surface area contributed by atoms with Gasteiger partial charge in [-0.25, -0.2) is 17.2 Å². The summed E-state index contributed by atoms with van der Waals surface area (Å²) in [4.78, 5) is 2.38. The Balaban J connectivity index is 1.27. The molecule has 11 heteroatoms. The highest BCUT2D eigenvalue weighted by atomic mass is 32.2. The van der Waals surface area contributed by atoms with Crippen LogP contribution < -0.4 is 0 Å². The van der Waals surface area contributed by atoms with E-state index < -0.39 is 34.7 Å². The SMILES string of the molecule is O=S1(=O)CC[C@]2(CCCN(C3C[C@@H]4C(c5cc(C(F)(F)F)nn5CC(F)F)[C@@H]4C3)C2)C1. The normalized spacial score (nSPS) is 37.6. The van der Waals surface area contributed by atoms with Gasteiger partial charge in [0.25, 0.3) is 6.43 Å². The second-order valence-corrected chi connectivity index (χ2v) is 12.1. The molecule has 2 aliphatic heterocycles. The number of rotatable bonds is 4. The molecule has 5 rings (SSSR count). The van der Waals surface area contributed by atoms with E-state index in [0.29, 0.717) is 12.5 Å². The van der Waals surface area contributed by atoms with Crippen LogP contribution in [-0.2, 0) is 22.6 Å². The van der Waals surface area contributed by atoms with Gasteiger partial charge in [-0.05, 0) is 62.0 Å². The van der Waals surface area contributed by atoms with E-state index in [2.05, 4.69) is 10.00 Å². The fourth-order valence-corrected chi connectivity index (χ4v) is 8.73. The number of hydrogen-bond donors (Lipinski definition) is 0. The van der Waals surface area contributed by atoms with Crippen molar-refractivity contribution < 1.29 is 30.4 Å². The first-order valence-electron chi connectivity index (χ1n) is 10.8. The maximum absolute atomic E-state index is 13.1. The average molecular weight is 468 g/mol. The lowest BCUT2D eigenvalue weighted by atomic mass is 9.79. The van der Waals surface area contributed by atoms with Crippen molar-refractivity contribution in [2.45, 2.75) is 63.2 Å². The Bertz CT molecular complexity index is 951. The number of likely N-dealkylation sites (tertiary alicyclic amines) is 1. The van der Waals surface area contributed by atoms with E-state index in [9.17, 15) is 30.4 Å². The number of alkyl halides is 5. The van der Waals surface area contributed by atoms with Crippen LogP contribution in [0.15, 0.2) is 6.07 Å². The number of piperidine rings is 1. The van der Waals surface area contributed by atoms with Gasteiger partial charge in [-0.15, -0.1) is 0 Å². The third-order valence-electron chi connectivity index (χ3n) is 7.85. The van der Waals surface area contributed by atoms with Crippen LogP contribution in [0, 0.1) is 17.3 Å². The van der Waals surface area contributed by atoms with E-state index in [-0.39, 0.29) is 40.4 Å². The molecule has 1 aromatic heterocycles. The van der Waals surface area contributed by atoms with Crippen LogP contribution in [0.1, 0.15) is 49.4 Å². The highest BCUT2D eigenvalue weighted by Crippen LogP contribution is 2.64. The van der Waals surface area contributed by atoms with Crippen LogP contribution in [0.4, 0.5) is 22.0 Å². The third kappa shape index (κ3) is 4.00. The number of nitrogens with zero attached hydrogens (tertiary/aromatic N) is 3. The van der Waals surface area contributed by atoms with Crippen LogP contribution in [-0.4, -0.2) is 60.2 Å². The summed E-state index contributed by atoms with van der Waals surface area (Å²) in [6.07, 6.45) is -3.19. The Labute approximate surface area is 177 Å². The molecule has 0 bridgehead atoms. The number of sulfone groups is 1. The molecule has 0 amide bonds. The molecular weight excluding hydrogens is 441 g/mol. The predicted octanol–water partition coefficient (Wildman–Crippen LogP) is 3.56. The van der Waals surface area contributed by atoms with Gasteiger partial charge in [0.05, 0.1) is 11.5 Å². The Kier molecular flexibility index (Phi) is 4.97. The molecule has 0 radical (unpaired) electrons. The minimum absolute atomic E-state index is 0.149. The minimum atomic E-state index is -4.65. The fraction of sp³-hybridized carbons (Fsp3) is 0.850. The van der Waals surface area contributed by atoms with Crippen molar-refractivity contribution in [2.75, 3.05) is 24.6 Å². The first-order valence-corrected chi connectivity index (χ1v) is 12.7. The molecule has 5 atom stereocenters. The van der Waals surface area contributed by atoms with E-state index in [4.69, 9.17) is 0 Å². The highest BCUT2D eigenvalue weighted by Gasteiger charge is 2.59. The minimum Gasteiger partial charge on any atom is -0.300 e. The van der Waals surface area contributed by atoms with Crippen molar-refractivity contribution in [3.63, 3.8) is 0 Å². The van der Waals surface area contributed by atoms with Crippen LogP contribution in [0.25, 0.3) is 0 Å². The summed E-state index contributed by atoms with van der Waals surface area (Å²) >= 11 is 0. The first kappa shape index (κ1) is 21.6. The quantitative estimate of drug-likeness (QED) is 0.636. The van der Waals surface area contributed by atoms with Gasteiger partial charge in [0, 0.05) is 24.2 Å². The molecular formula is C20H26F5N3O2S. The number of halogens is 5. The van der Waals surface area contributed by atoms with Gasteiger partial charge in [0.2, 0.25) is 0 Å². The molecule has 5 nitrogen and oxygen atoms in total. The van der Waals surface area contributed by atoms with Crippen molar-refractivity contribution in [1.82, 2.24) is 14.7 Å². The van der Waals surface area contributed by atoms with Crippen molar-refractivity contribution in [2.24, 2.45) is 17.3 Å². The lowest BCUT2D eigenvalue weighted by molar-refractivity contribution is -0.141. The molecule has 0 N–H and O–H groups in total. The van der Waals surface area contributed by atoms with Crippen LogP contribution >= 0.6 is 0 Å². The Morgan fingerprint density at radius 3 is 2.48 bits per heavy atom. The largest absolute Gasteiger partial charge is 0.435 e. The maximum Gasteiger partial charge on any atom is 0.435 e. The van der Waals surface area contributed by atoms with E-state index in [0.717, 1.165) is 49.5 Å². The summed E-state index contributed by atoms with van der Waals surface area (Å²) in [5.41, 5.74) is -0.982. The van der Waals surface area contributed by atoms with Crippen molar-refractivity contribution in [3.8, 4) is 0 Å². The predicted molar refractivity (Wildman–Crippen MR) is 102 cm³/mol. The number of hydrogen-bond acceptors (Lipinski definition) is 4. The van der Waals surface area contributed by atoms with E-state index in [1.165, 1.54) is 0 Å². The monoisotopic (exact) mass is 467 g/mol. The molecule has 4 fully saturated rings. The Hall–Kier alpha value is -1.23. The van der Waals surface area contributed by atoms with Crippen LogP contribution in [0.2, 0.25) is 0 Å². The lowest BCUT2D eigenvalue weighted by Crippen LogP contribution is -2.48. The van der Waals surface area contributed by atoms with E-state index >= 15 is 0 Å². The second kappa shape index (κ2) is 7.13. The summed E-state index contributed by atoms with van der Waals surface area (Å²) in [6.45, 7) is 0.856. The fourth-order valence-electron chi connectivity index (χ4n) is 6.53. The summed E-state index contributed by atoms with van der Waals surface area (Å²) < 4.78 is 89.9. The highest BCUT2D eigenvalue weighted by molar-refractivity contribution is 7.91. The number of fused-ring (bicyclic) bond motifs is 1. The van der Waals surface area contributed by atoms with Gasteiger partial charge in [-0.3, -0.25) is 9.58 Å². The summed E-state index contributed by atoms with van der Waals surface area (Å²) in [6, 6.07) is 1.24. The zero-order valence-corrected chi connectivity index (χ0v) is 17.8. The zero-order valence-electron chi connectivity index (χ0n) is 17.0. The molecule has 174 valence electrons. The zero-order chi connectivity index (χ0) is 22.2.